The van der Waals surface area contributed by atoms with Gasteiger partial charge in [0.15, 0.2) is 0 Å². The summed E-state index contributed by atoms with van der Waals surface area (Å²) in [5.74, 6) is 0.954. The number of piperazine rings is 1. The van der Waals surface area contributed by atoms with Gasteiger partial charge < -0.3 is 15.0 Å². The molecule has 1 aromatic carbocycles. The van der Waals surface area contributed by atoms with Gasteiger partial charge in [-0.2, -0.15) is 5.26 Å². The molecule has 3 heterocycles. The molecule has 7 heteroatoms. The van der Waals surface area contributed by atoms with Gasteiger partial charge in [-0.3, -0.25) is 4.90 Å². The van der Waals surface area contributed by atoms with Crippen molar-refractivity contribution in [1.82, 2.24) is 14.8 Å². The largest absolute Gasteiger partial charge is 0.439 e. The zero-order valence-electron chi connectivity index (χ0n) is 14.3. The standard InChI is InChI=1S/C19H19N5O2/c20-11-14-2-1-3-17(10-14)26-18-5-4-15(12-21-18)22-19(25)24-9-8-23-7-6-16(24)13-23/h1-5,10,12,16H,6-9,13H2,(H,22,25). The second-order valence-electron chi connectivity index (χ2n) is 6.49. The minimum Gasteiger partial charge on any atom is -0.439 e. The average Bonchev–Trinajstić information content (AvgIpc) is 3.04. The van der Waals surface area contributed by atoms with Crippen LogP contribution in [0.4, 0.5) is 10.5 Å². The predicted molar refractivity (Wildman–Crippen MR) is 96.0 cm³/mol. The number of urea groups is 1. The first-order valence-corrected chi connectivity index (χ1v) is 8.65. The number of hydrogen-bond acceptors (Lipinski definition) is 5. The number of amides is 2. The average molecular weight is 349 g/mol. The third-order valence-corrected chi connectivity index (χ3v) is 4.78. The van der Waals surface area contributed by atoms with Crippen LogP contribution in [0.15, 0.2) is 42.6 Å². The van der Waals surface area contributed by atoms with Crippen LogP contribution in [0, 0.1) is 11.3 Å². The third-order valence-electron chi connectivity index (χ3n) is 4.78. The van der Waals surface area contributed by atoms with Crippen molar-refractivity contribution >= 4 is 11.7 Å². The van der Waals surface area contributed by atoms with E-state index in [1.165, 1.54) is 0 Å². The Morgan fingerprint density at radius 2 is 2.19 bits per heavy atom. The Bertz CT molecular complexity index is 846. The van der Waals surface area contributed by atoms with E-state index in [4.69, 9.17) is 10.00 Å². The van der Waals surface area contributed by atoms with Crippen molar-refractivity contribution in [2.45, 2.75) is 12.5 Å². The fourth-order valence-electron chi connectivity index (χ4n) is 3.43. The van der Waals surface area contributed by atoms with Gasteiger partial charge in [0, 0.05) is 38.3 Å². The van der Waals surface area contributed by atoms with Crippen molar-refractivity contribution in [3.63, 3.8) is 0 Å². The number of fused-ring (bicyclic) bond motifs is 2. The molecule has 2 unspecified atom stereocenters. The molecule has 0 radical (unpaired) electrons. The topological polar surface area (TPSA) is 81.5 Å². The van der Waals surface area contributed by atoms with Crippen LogP contribution in [0.5, 0.6) is 11.6 Å². The molecule has 2 atom stereocenters. The summed E-state index contributed by atoms with van der Waals surface area (Å²) >= 11 is 0. The summed E-state index contributed by atoms with van der Waals surface area (Å²) in [6.45, 7) is 3.76. The van der Waals surface area contributed by atoms with Gasteiger partial charge in [-0.1, -0.05) is 6.07 Å². The summed E-state index contributed by atoms with van der Waals surface area (Å²) in [7, 11) is 0. The van der Waals surface area contributed by atoms with Crippen molar-refractivity contribution in [1.29, 1.82) is 5.26 Å². The van der Waals surface area contributed by atoms with E-state index in [2.05, 4.69) is 21.3 Å². The Morgan fingerprint density at radius 1 is 1.27 bits per heavy atom. The zero-order valence-corrected chi connectivity index (χ0v) is 14.3. The zero-order chi connectivity index (χ0) is 17.9. The number of nitrogens with one attached hydrogen (secondary N) is 1. The molecular formula is C19H19N5O2. The van der Waals surface area contributed by atoms with Gasteiger partial charge in [-0.25, -0.2) is 9.78 Å². The number of benzene rings is 1. The number of rotatable bonds is 3. The molecule has 0 aliphatic carbocycles. The Hall–Kier alpha value is -3.11. The van der Waals surface area contributed by atoms with E-state index in [9.17, 15) is 4.79 Å². The summed E-state index contributed by atoms with van der Waals surface area (Å²) in [5, 5.41) is 11.8. The normalized spacial score (nSPS) is 21.1. The van der Waals surface area contributed by atoms with Gasteiger partial charge >= 0.3 is 6.03 Å². The molecule has 0 spiro atoms. The van der Waals surface area contributed by atoms with Gasteiger partial charge in [-0.05, 0) is 30.7 Å². The minimum atomic E-state index is -0.0752. The number of nitriles is 1. The molecule has 2 aromatic rings. The van der Waals surface area contributed by atoms with E-state index in [0.29, 0.717) is 28.9 Å². The summed E-state index contributed by atoms with van der Waals surface area (Å²) in [6.07, 6.45) is 2.62. The second-order valence-corrected chi connectivity index (χ2v) is 6.49. The van der Waals surface area contributed by atoms with Crippen LogP contribution in [0.1, 0.15) is 12.0 Å². The van der Waals surface area contributed by atoms with Crippen LogP contribution >= 0.6 is 0 Å². The molecule has 26 heavy (non-hydrogen) atoms. The van der Waals surface area contributed by atoms with E-state index in [0.717, 1.165) is 32.6 Å². The number of ether oxygens (including phenoxy) is 1. The molecule has 2 aliphatic heterocycles. The molecule has 2 saturated heterocycles. The monoisotopic (exact) mass is 349 g/mol. The lowest BCUT2D eigenvalue weighted by Crippen LogP contribution is -2.51. The van der Waals surface area contributed by atoms with Crippen LogP contribution in [-0.2, 0) is 0 Å². The van der Waals surface area contributed by atoms with E-state index >= 15 is 0 Å². The molecule has 2 amide bonds. The number of aromatic nitrogens is 1. The molecule has 132 valence electrons. The Kier molecular flexibility index (Phi) is 4.42. The maximum Gasteiger partial charge on any atom is 0.322 e. The lowest BCUT2D eigenvalue weighted by molar-refractivity contribution is 0.153. The van der Waals surface area contributed by atoms with Crippen LogP contribution in [0.2, 0.25) is 0 Å². The molecule has 1 aromatic heterocycles. The number of pyridine rings is 1. The van der Waals surface area contributed by atoms with Crippen LogP contribution < -0.4 is 10.1 Å². The summed E-state index contributed by atoms with van der Waals surface area (Å²) in [4.78, 5) is 21.0. The fourth-order valence-corrected chi connectivity index (χ4v) is 3.43. The second kappa shape index (κ2) is 7.02. The van der Waals surface area contributed by atoms with Gasteiger partial charge in [-0.15, -0.1) is 0 Å². The van der Waals surface area contributed by atoms with Crippen molar-refractivity contribution < 1.29 is 9.53 Å². The molecule has 2 bridgehead atoms. The van der Waals surface area contributed by atoms with Crippen LogP contribution in [0.3, 0.4) is 0 Å². The highest BCUT2D eigenvalue weighted by Gasteiger charge is 2.35. The fraction of sp³-hybridized carbons (Fsp3) is 0.316. The molecule has 1 N–H and O–H groups in total. The first-order chi connectivity index (χ1) is 12.7. The van der Waals surface area contributed by atoms with Gasteiger partial charge in [0.2, 0.25) is 5.88 Å². The van der Waals surface area contributed by atoms with Gasteiger partial charge in [0.1, 0.15) is 5.75 Å². The molecule has 4 rings (SSSR count). The summed E-state index contributed by atoms with van der Waals surface area (Å²) in [6, 6.07) is 12.6. The maximum atomic E-state index is 12.5. The highest BCUT2D eigenvalue weighted by Crippen LogP contribution is 2.23. The molecule has 7 nitrogen and oxygen atoms in total. The molecule has 2 aliphatic rings. The summed E-state index contributed by atoms with van der Waals surface area (Å²) in [5.41, 5.74) is 1.16. The smallest absolute Gasteiger partial charge is 0.322 e. The number of carbonyl (C=O) groups excluding carboxylic acids is 1. The van der Waals surface area contributed by atoms with E-state index in [1.807, 2.05) is 4.90 Å². The predicted octanol–water partition coefficient (Wildman–Crippen LogP) is 2.67. The highest BCUT2D eigenvalue weighted by atomic mass is 16.5. The van der Waals surface area contributed by atoms with Crippen molar-refractivity contribution in [3.8, 4) is 17.7 Å². The summed E-state index contributed by atoms with van der Waals surface area (Å²) < 4.78 is 5.65. The lowest BCUT2D eigenvalue weighted by atomic mass is 10.2. The molecule has 0 saturated carbocycles. The minimum absolute atomic E-state index is 0.0752. The molecule has 2 fully saturated rings. The van der Waals surface area contributed by atoms with Crippen molar-refractivity contribution in [3.05, 3.63) is 48.2 Å². The number of hydrogen-bond donors (Lipinski definition) is 1. The van der Waals surface area contributed by atoms with E-state index < -0.39 is 0 Å². The lowest BCUT2D eigenvalue weighted by Gasteiger charge is -2.34. The van der Waals surface area contributed by atoms with E-state index in [1.54, 1.807) is 42.6 Å². The first kappa shape index (κ1) is 16.4. The maximum absolute atomic E-state index is 12.5. The number of nitrogens with zero attached hydrogens (tertiary/aromatic N) is 4. The van der Waals surface area contributed by atoms with Crippen LogP contribution in [-0.4, -0.2) is 53.0 Å². The van der Waals surface area contributed by atoms with Gasteiger partial charge in [0.05, 0.1) is 23.5 Å². The van der Waals surface area contributed by atoms with Gasteiger partial charge in [0.25, 0.3) is 0 Å². The Morgan fingerprint density at radius 3 is 3.00 bits per heavy atom. The Labute approximate surface area is 151 Å². The number of anilines is 1. The van der Waals surface area contributed by atoms with Crippen LogP contribution in [0.25, 0.3) is 0 Å². The third kappa shape index (κ3) is 3.46. The van der Waals surface area contributed by atoms with Crippen molar-refractivity contribution in [2.75, 3.05) is 31.5 Å². The Balaban J connectivity index is 1.38. The SMILES string of the molecule is N#Cc1cccc(Oc2ccc(NC(=O)N3CCN4CCC3C4)cn2)c1. The number of carbonyl (C=O) groups is 1. The quantitative estimate of drug-likeness (QED) is 0.921. The van der Waals surface area contributed by atoms with E-state index in [-0.39, 0.29) is 6.03 Å². The highest BCUT2D eigenvalue weighted by molar-refractivity contribution is 5.89. The molecular weight excluding hydrogens is 330 g/mol. The first-order valence-electron chi connectivity index (χ1n) is 8.65. The van der Waals surface area contributed by atoms with Crippen molar-refractivity contribution in [2.24, 2.45) is 0 Å².